The van der Waals surface area contributed by atoms with Crippen LogP contribution >= 0.6 is 0 Å². The van der Waals surface area contributed by atoms with Gasteiger partial charge >= 0.3 is 0 Å². The lowest BCUT2D eigenvalue weighted by Gasteiger charge is -2.05. The van der Waals surface area contributed by atoms with Crippen LogP contribution in [0.5, 0.6) is 0 Å². The number of pyridine rings is 1. The Hall–Kier alpha value is -1.48. The zero-order chi connectivity index (χ0) is 11.8. The summed E-state index contributed by atoms with van der Waals surface area (Å²) in [6.07, 6.45) is 2.82. The van der Waals surface area contributed by atoms with Crippen molar-refractivity contribution in [2.24, 2.45) is 7.05 Å². The Morgan fingerprint density at radius 3 is 2.56 bits per heavy atom. The lowest BCUT2D eigenvalue weighted by Crippen LogP contribution is -3.00. The minimum absolute atomic E-state index is 0. The van der Waals surface area contributed by atoms with Crippen LogP contribution < -0.4 is 21.5 Å². The van der Waals surface area contributed by atoms with E-state index in [4.69, 9.17) is 0 Å². The highest BCUT2D eigenvalue weighted by Crippen LogP contribution is 2.32. The molecule has 0 saturated carbocycles. The molecule has 3 heteroatoms. The molecule has 1 aliphatic carbocycles. The van der Waals surface area contributed by atoms with Crippen LogP contribution in [0.2, 0.25) is 0 Å². The van der Waals surface area contributed by atoms with Crippen molar-refractivity contribution in [3.8, 4) is 0 Å². The molecule has 0 saturated heterocycles. The summed E-state index contributed by atoms with van der Waals surface area (Å²) >= 11 is 0. The van der Waals surface area contributed by atoms with Gasteiger partial charge in [-0.05, 0) is 12.0 Å². The first-order chi connectivity index (χ1) is 8.27. The number of carbonyl (C=O) groups excluding carboxylic acids is 1. The zero-order valence-electron chi connectivity index (χ0n) is 10.1. The van der Waals surface area contributed by atoms with Gasteiger partial charge in [-0.2, -0.15) is 0 Å². The van der Waals surface area contributed by atoms with Gasteiger partial charge in [0, 0.05) is 17.7 Å². The molecule has 0 fully saturated rings. The van der Waals surface area contributed by atoms with Crippen LogP contribution in [0.25, 0.3) is 0 Å². The number of aromatic nitrogens is 1. The van der Waals surface area contributed by atoms with Crippen molar-refractivity contribution in [1.29, 1.82) is 0 Å². The van der Waals surface area contributed by atoms with Gasteiger partial charge in [0.15, 0.2) is 17.7 Å². The van der Waals surface area contributed by atoms with Crippen molar-refractivity contribution < 1.29 is 26.3 Å². The van der Waals surface area contributed by atoms with E-state index in [2.05, 4.69) is 6.07 Å². The predicted molar refractivity (Wildman–Crippen MR) is 64.8 cm³/mol. The normalized spacial score (nSPS) is 17.2. The molecule has 1 aliphatic rings. The fourth-order valence-corrected chi connectivity index (χ4v) is 2.58. The van der Waals surface area contributed by atoms with Gasteiger partial charge in [-0.1, -0.05) is 30.3 Å². The Labute approximate surface area is 117 Å². The van der Waals surface area contributed by atoms with Gasteiger partial charge in [-0.15, -0.1) is 0 Å². The monoisotopic (exact) mass is 303 g/mol. The van der Waals surface area contributed by atoms with E-state index in [9.17, 15) is 4.79 Å². The summed E-state index contributed by atoms with van der Waals surface area (Å²) in [4.78, 5) is 12.3. The summed E-state index contributed by atoms with van der Waals surface area (Å²) in [5.41, 5.74) is 3.15. The molecule has 2 nitrogen and oxygen atoms in total. The first kappa shape index (κ1) is 13.0. The number of benzene rings is 1. The average Bonchev–Trinajstić information content (AvgIpc) is 2.68. The van der Waals surface area contributed by atoms with Crippen molar-refractivity contribution in [3.05, 3.63) is 65.5 Å². The minimum atomic E-state index is -0.0152. The molecule has 1 heterocycles. The number of rotatable bonds is 1. The van der Waals surface area contributed by atoms with Gasteiger partial charge in [-0.25, -0.2) is 4.57 Å². The number of halogens is 1. The Bertz CT molecular complexity index is 595. The van der Waals surface area contributed by atoms with Crippen LogP contribution in [0, 0.1) is 0 Å². The number of fused-ring (bicyclic) bond motifs is 1. The van der Waals surface area contributed by atoms with Crippen LogP contribution in [0.1, 0.15) is 27.5 Å². The van der Waals surface area contributed by atoms with Crippen molar-refractivity contribution in [2.45, 2.75) is 12.3 Å². The second kappa shape index (κ2) is 5.02. The first-order valence-corrected chi connectivity index (χ1v) is 5.84. The van der Waals surface area contributed by atoms with Gasteiger partial charge in [0.05, 0.1) is 0 Å². The second-order valence-corrected chi connectivity index (χ2v) is 4.51. The van der Waals surface area contributed by atoms with E-state index in [1.807, 2.05) is 54.2 Å². The molecular formula is C15H14BrNO. The number of carbonyl (C=O) groups is 1. The maximum absolute atomic E-state index is 12.3. The molecule has 0 aliphatic heterocycles. The molecule has 1 aromatic heterocycles. The molecule has 0 amide bonds. The molecule has 0 radical (unpaired) electrons. The first-order valence-electron chi connectivity index (χ1n) is 5.84. The Morgan fingerprint density at radius 1 is 1.11 bits per heavy atom. The van der Waals surface area contributed by atoms with Crippen molar-refractivity contribution in [2.75, 3.05) is 0 Å². The molecule has 0 spiro atoms. The highest BCUT2D eigenvalue weighted by Gasteiger charge is 2.35. The predicted octanol–water partition coefficient (Wildman–Crippen LogP) is -0.962. The molecule has 0 N–H and O–H groups in total. The number of hydrogen-bond acceptors (Lipinski definition) is 1. The Kier molecular flexibility index (Phi) is 3.62. The number of Topliss-reactive ketones (excluding diaryl/α,β-unsaturated/α-hetero) is 1. The lowest BCUT2D eigenvalue weighted by molar-refractivity contribution is -0.679. The summed E-state index contributed by atoms with van der Waals surface area (Å²) in [5.74, 6) is 0.237. The summed E-state index contributed by atoms with van der Waals surface area (Å²) < 4.78 is 2.04. The van der Waals surface area contributed by atoms with E-state index in [0.29, 0.717) is 0 Å². The third-order valence-corrected chi connectivity index (χ3v) is 3.48. The quantitative estimate of drug-likeness (QED) is 0.622. The van der Waals surface area contributed by atoms with Crippen molar-refractivity contribution >= 4 is 5.78 Å². The molecule has 18 heavy (non-hydrogen) atoms. The lowest BCUT2D eigenvalue weighted by atomic mass is 10.00. The Morgan fingerprint density at radius 2 is 1.83 bits per heavy atom. The number of aryl methyl sites for hydroxylation is 1. The maximum atomic E-state index is 12.3. The SMILES string of the molecule is C[n+]1ccccc1C1Cc2ccccc2C1=O.[Br-]. The summed E-state index contributed by atoms with van der Waals surface area (Å²) in [6, 6.07) is 13.9. The maximum Gasteiger partial charge on any atom is 0.192 e. The summed E-state index contributed by atoms with van der Waals surface area (Å²) in [7, 11) is 1.99. The van der Waals surface area contributed by atoms with Crippen molar-refractivity contribution in [3.63, 3.8) is 0 Å². The van der Waals surface area contributed by atoms with Gasteiger partial charge < -0.3 is 17.0 Å². The van der Waals surface area contributed by atoms with Gasteiger partial charge in [0.25, 0.3) is 0 Å². The summed E-state index contributed by atoms with van der Waals surface area (Å²) in [5, 5.41) is 0. The van der Waals surface area contributed by atoms with E-state index in [0.717, 1.165) is 17.7 Å². The van der Waals surface area contributed by atoms with E-state index in [1.165, 1.54) is 5.56 Å². The number of ketones is 1. The number of hydrogen-bond donors (Lipinski definition) is 0. The van der Waals surface area contributed by atoms with Gasteiger partial charge in [-0.3, -0.25) is 4.79 Å². The third kappa shape index (κ3) is 1.99. The topological polar surface area (TPSA) is 20.9 Å². The number of nitrogens with zero attached hydrogens (tertiary/aromatic N) is 1. The summed E-state index contributed by atoms with van der Waals surface area (Å²) in [6.45, 7) is 0. The van der Waals surface area contributed by atoms with E-state index < -0.39 is 0 Å². The van der Waals surface area contributed by atoms with Crippen LogP contribution in [0.4, 0.5) is 0 Å². The minimum Gasteiger partial charge on any atom is -1.00 e. The van der Waals surface area contributed by atoms with Gasteiger partial charge in [0.1, 0.15) is 13.0 Å². The van der Waals surface area contributed by atoms with E-state index in [1.54, 1.807) is 0 Å². The third-order valence-electron chi connectivity index (χ3n) is 3.48. The highest BCUT2D eigenvalue weighted by atomic mass is 79.9. The molecular weight excluding hydrogens is 290 g/mol. The standard InChI is InChI=1S/C15H14NO.BrH/c1-16-9-5-4-8-14(16)13-10-11-6-2-3-7-12(11)15(13)17;/h2-9,13H,10H2,1H3;1H/q+1;/p-1. The fourth-order valence-electron chi connectivity index (χ4n) is 2.58. The second-order valence-electron chi connectivity index (χ2n) is 4.51. The highest BCUT2D eigenvalue weighted by molar-refractivity contribution is 6.04. The van der Waals surface area contributed by atoms with Crippen LogP contribution in [-0.2, 0) is 13.5 Å². The van der Waals surface area contributed by atoms with Crippen molar-refractivity contribution in [1.82, 2.24) is 0 Å². The van der Waals surface area contributed by atoms with E-state index >= 15 is 0 Å². The van der Waals surface area contributed by atoms with Crippen LogP contribution in [0.3, 0.4) is 0 Å². The largest absolute Gasteiger partial charge is 1.00 e. The molecule has 1 aromatic carbocycles. The molecule has 3 rings (SSSR count). The zero-order valence-corrected chi connectivity index (χ0v) is 11.7. The average molecular weight is 304 g/mol. The molecule has 1 atom stereocenters. The van der Waals surface area contributed by atoms with Crippen LogP contribution in [0.15, 0.2) is 48.7 Å². The molecule has 92 valence electrons. The van der Waals surface area contributed by atoms with Gasteiger partial charge in [0.2, 0.25) is 0 Å². The smallest absolute Gasteiger partial charge is 0.192 e. The Balaban J connectivity index is 0.00000120. The van der Waals surface area contributed by atoms with Crippen LogP contribution in [-0.4, -0.2) is 5.78 Å². The molecule has 2 aromatic rings. The molecule has 1 unspecified atom stereocenters. The molecule has 0 bridgehead atoms. The fraction of sp³-hybridized carbons (Fsp3) is 0.200. The van der Waals surface area contributed by atoms with E-state index in [-0.39, 0.29) is 28.7 Å².